The summed E-state index contributed by atoms with van der Waals surface area (Å²) < 4.78 is 5.38. The molecule has 1 saturated carbocycles. The lowest BCUT2D eigenvalue weighted by Crippen LogP contribution is -2.44. The maximum Gasteiger partial charge on any atom is 0.0613 e. The van der Waals surface area contributed by atoms with Gasteiger partial charge in [0.05, 0.1) is 6.61 Å². The Balaban J connectivity index is 1.79. The minimum Gasteiger partial charge on any atom is -0.394 e. The number of thioether (sulfide) groups is 1. The van der Waals surface area contributed by atoms with Crippen molar-refractivity contribution < 1.29 is 9.84 Å². The SMILES string of the molecule is CNC1(CO)CCC(SC2CCOCC2)C1. The molecule has 2 fully saturated rings. The van der Waals surface area contributed by atoms with Gasteiger partial charge in [-0.3, -0.25) is 0 Å². The second-order valence-corrected chi connectivity index (χ2v) is 6.61. The summed E-state index contributed by atoms with van der Waals surface area (Å²) in [6.07, 6.45) is 5.87. The van der Waals surface area contributed by atoms with Crippen molar-refractivity contribution in [2.75, 3.05) is 26.9 Å². The summed E-state index contributed by atoms with van der Waals surface area (Å²) in [5.41, 5.74) is 0.00281. The van der Waals surface area contributed by atoms with Gasteiger partial charge in [0.25, 0.3) is 0 Å². The van der Waals surface area contributed by atoms with Crippen LogP contribution < -0.4 is 5.32 Å². The minimum absolute atomic E-state index is 0.00281. The lowest BCUT2D eigenvalue weighted by atomic mass is 10.00. The van der Waals surface area contributed by atoms with E-state index in [4.69, 9.17) is 4.74 Å². The third-order valence-electron chi connectivity index (χ3n) is 3.95. The molecule has 2 unspecified atom stereocenters. The van der Waals surface area contributed by atoms with Gasteiger partial charge in [-0.1, -0.05) is 0 Å². The van der Waals surface area contributed by atoms with Crippen molar-refractivity contribution in [1.82, 2.24) is 5.32 Å². The molecule has 1 aliphatic heterocycles. The summed E-state index contributed by atoms with van der Waals surface area (Å²) in [4.78, 5) is 0. The predicted octanol–water partition coefficient (Wildman–Crippen LogP) is 1.40. The third kappa shape index (κ3) is 2.92. The highest BCUT2D eigenvalue weighted by molar-refractivity contribution is 8.00. The topological polar surface area (TPSA) is 41.5 Å². The van der Waals surface area contributed by atoms with Crippen LogP contribution in [-0.2, 0) is 4.74 Å². The number of likely N-dealkylation sites (N-methyl/N-ethyl adjacent to an activating group) is 1. The Bertz CT molecular complexity index is 215. The zero-order valence-electron chi connectivity index (χ0n) is 10.1. The molecule has 1 saturated heterocycles. The Hall–Kier alpha value is 0.230. The summed E-state index contributed by atoms with van der Waals surface area (Å²) in [5.74, 6) is 0. The fourth-order valence-electron chi connectivity index (χ4n) is 2.73. The Kier molecular flexibility index (Phi) is 4.53. The molecule has 0 aromatic heterocycles. The van der Waals surface area contributed by atoms with Crippen LogP contribution in [0.2, 0.25) is 0 Å². The highest BCUT2D eigenvalue weighted by atomic mass is 32.2. The van der Waals surface area contributed by atoms with Crippen LogP contribution in [0, 0.1) is 0 Å². The fraction of sp³-hybridized carbons (Fsp3) is 1.00. The largest absolute Gasteiger partial charge is 0.394 e. The van der Waals surface area contributed by atoms with Gasteiger partial charge in [-0.2, -0.15) is 11.8 Å². The molecule has 0 aromatic carbocycles. The fourth-order valence-corrected chi connectivity index (χ4v) is 4.41. The van der Waals surface area contributed by atoms with Gasteiger partial charge in [-0.15, -0.1) is 0 Å². The molecular formula is C12H23NO2S. The van der Waals surface area contributed by atoms with Gasteiger partial charge < -0.3 is 15.2 Å². The van der Waals surface area contributed by atoms with Crippen molar-refractivity contribution in [2.45, 2.75) is 48.1 Å². The monoisotopic (exact) mass is 245 g/mol. The molecule has 0 aromatic rings. The lowest BCUT2D eigenvalue weighted by Gasteiger charge is -2.28. The van der Waals surface area contributed by atoms with E-state index >= 15 is 0 Å². The number of rotatable bonds is 4. The van der Waals surface area contributed by atoms with Crippen molar-refractivity contribution in [1.29, 1.82) is 0 Å². The molecule has 4 heteroatoms. The van der Waals surface area contributed by atoms with E-state index in [9.17, 15) is 5.11 Å². The average Bonchev–Trinajstić information content (AvgIpc) is 2.75. The predicted molar refractivity (Wildman–Crippen MR) is 67.9 cm³/mol. The quantitative estimate of drug-likeness (QED) is 0.785. The zero-order valence-corrected chi connectivity index (χ0v) is 10.9. The lowest BCUT2D eigenvalue weighted by molar-refractivity contribution is 0.0999. The summed E-state index contributed by atoms with van der Waals surface area (Å²) in [6.45, 7) is 2.14. The Morgan fingerprint density at radius 3 is 2.62 bits per heavy atom. The van der Waals surface area contributed by atoms with E-state index in [1.165, 1.54) is 19.3 Å². The van der Waals surface area contributed by atoms with Crippen LogP contribution in [0.3, 0.4) is 0 Å². The molecule has 0 radical (unpaired) electrons. The first-order valence-corrected chi connectivity index (χ1v) is 7.25. The van der Waals surface area contributed by atoms with E-state index in [0.717, 1.165) is 36.6 Å². The van der Waals surface area contributed by atoms with Crippen molar-refractivity contribution in [3.63, 3.8) is 0 Å². The van der Waals surface area contributed by atoms with E-state index < -0.39 is 0 Å². The first kappa shape index (κ1) is 12.7. The van der Waals surface area contributed by atoms with Crippen LogP contribution in [0.5, 0.6) is 0 Å². The Labute approximate surface area is 102 Å². The van der Waals surface area contributed by atoms with Gasteiger partial charge in [-0.05, 0) is 39.2 Å². The molecule has 0 amide bonds. The number of ether oxygens (including phenoxy) is 1. The zero-order chi connectivity index (χ0) is 11.4. The van der Waals surface area contributed by atoms with Gasteiger partial charge >= 0.3 is 0 Å². The first-order valence-electron chi connectivity index (χ1n) is 6.31. The summed E-state index contributed by atoms with van der Waals surface area (Å²) in [6, 6.07) is 0. The molecule has 1 aliphatic carbocycles. The standard InChI is InChI=1S/C12H23NO2S/c1-13-12(9-14)5-2-11(8-12)16-10-3-6-15-7-4-10/h10-11,13-14H,2-9H2,1H3. The van der Waals surface area contributed by atoms with Crippen molar-refractivity contribution >= 4 is 11.8 Å². The van der Waals surface area contributed by atoms with Crippen molar-refractivity contribution in [2.24, 2.45) is 0 Å². The smallest absolute Gasteiger partial charge is 0.0613 e. The molecule has 94 valence electrons. The summed E-state index contributed by atoms with van der Waals surface area (Å²) in [7, 11) is 1.97. The molecule has 3 nitrogen and oxygen atoms in total. The van der Waals surface area contributed by atoms with Crippen LogP contribution in [0.1, 0.15) is 32.1 Å². The summed E-state index contributed by atoms with van der Waals surface area (Å²) in [5, 5.41) is 14.3. The third-order valence-corrected chi connectivity index (χ3v) is 5.59. The van der Waals surface area contributed by atoms with E-state index in [-0.39, 0.29) is 12.1 Å². The van der Waals surface area contributed by atoms with Gasteiger partial charge in [0.1, 0.15) is 0 Å². The highest BCUT2D eigenvalue weighted by Crippen LogP contribution is 2.40. The first-order chi connectivity index (χ1) is 7.78. The van der Waals surface area contributed by atoms with E-state index in [2.05, 4.69) is 17.1 Å². The maximum absolute atomic E-state index is 9.45. The summed E-state index contributed by atoms with van der Waals surface area (Å²) >= 11 is 2.13. The van der Waals surface area contributed by atoms with Crippen LogP contribution >= 0.6 is 11.8 Å². The molecule has 2 atom stereocenters. The van der Waals surface area contributed by atoms with Crippen molar-refractivity contribution in [3.8, 4) is 0 Å². The second-order valence-electron chi connectivity index (χ2n) is 5.00. The average molecular weight is 245 g/mol. The molecule has 2 aliphatic rings. The highest BCUT2D eigenvalue weighted by Gasteiger charge is 2.38. The normalized spacial score (nSPS) is 36.8. The Morgan fingerprint density at radius 1 is 1.31 bits per heavy atom. The molecule has 2 rings (SSSR count). The van der Waals surface area contributed by atoms with Crippen LogP contribution in [-0.4, -0.2) is 48.0 Å². The molecular weight excluding hydrogens is 222 g/mol. The van der Waals surface area contributed by atoms with Gasteiger partial charge in [-0.25, -0.2) is 0 Å². The number of hydrogen-bond acceptors (Lipinski definition) is 4. The number of aliphatic hydroxyl groups is 1. The number of hydrogen-bond donors (Lipinski definition) is 2. The minimum atomic E-state index is 0.00281. The van der Waals surface area contributed by atoms with E-state index in [0.29, 0.717) is 0 Å². The van der Waals surface area contributed by atoms with Crippen LogP contribution in [0.25, 0.3) is 0 Å². The van der Waals surface area contributed by atoms with Crippen LogP contribution in [0.4, 0.5) is 0 Å². The number of aliphatic hydroxyl groups excluding tert-OH is 1. The Morgan fingerprint density at radius 2 is 2.06 bits per heavy atom. The van der Waals surface area contributed by atoms with Gasteiger partial charge in [0.2, 0.25) is 0 Å². The second kappa shape index (κ2) is 5.71. The van der Waals surface area contributed by atoms with E-state index in [1.54, 1.807) is 0 Å². The molecule has 0 bridgehead atoms. The van der Waals surface area contributed by atoms with Gasteiger partial charge in [0, 0.05) is 29.3 Å². The van der Waals surface area contributed by atoms with E-state index in [1.807, 2.05) is 7.05 Å². The maximum atomic E-state index is 9.45. The van der Waals surface area contributed by atoms with Crippen LogP contribution in [0.15, 0.2) is 0 Å². The van der Waals surface area contributed by atoms with Gasteiger partial charge in [0.15, 0.2) is 0 Å². The number of nitrogens with one attached hydrogen (secondary N) is 1. The molecule has 0 spiro atoms. The molecule has 1 heterocycles. The van der Waals surface area contributed by atoms with Crippen molar-refractivity contribution in [3.05, 3.63) is 0 Å². The molecule has 16 heavy (non-hydrogen) atoms. The molecule has 2 N–H and O–H groups in total.